The Morgan fingerprint density at radius 3 is 3.00 bits per heavy atom. The van der Waals surface area contributed by atoms with Crippen LogP contribution in [0.1, 0.15) is 4.88 Å². The van der Waals surface area contributed by atoms with Crippen LogP contribution in [0.4, 0.5) is 0 Å². The average Bonchev–Trinajstić information content (AvgIpc) is 2.84. The van der Waals surface area contributed by atoms with Crippen molar-refractivity contribution < 1.29 is 0 Å². The molecule has 0 atom stereocenters. The maximum absolute atomic E-state index is 6.13. The zero-order chi connectivity index (χ0) is 11.1. The molecule has 16 heavy (non-hydrogen) atoms. The zero-order valence-electron chi connectivity index (χ0n) is 8.49. The molecule has 0 unspecified atom stereocenters. The topological polar surface area (TPSA) is 41.6 Å². The van der Waals surface area contributed by atoms with Gasteiger partial charge in [-0.25, -0.2) is 9.97 Å². The number of rotatable bonds is 1. The van der Waals surface area contributed by atoms with Crippen LogP contribution < -0.4 is 0 Å². The lowest BCUT2D eigenvalue weighted by atomic mass is 10.3. The lowest BCUT2D eigenvalue weighted by Crippen LogP contribution is -1.89. The highest BCUT2D eigenvalue weighted by molar-refractivity contribution is 7.18. The van der Waals surface area contributed by atoms with Crippen LogP contribution in [-0.2, 0) is 0 Å². The van der Waals surface area contributed by atoms with Gasteiger partial charge >= 0.3 is 0 Å². The molecule has 0 fully saturated rings. The molecule has 0 aliphatic rings. The van der Waals surface area contributed by atoms with Crippen molar-refractivity contribution in [2.24, 2.45) is 0 Å². The molecular formula is C11H8ClN3S. The number of aromatic amines is 1. The first kappa shape index (κ1) is 9.81. The Bertz CT molecular complexity index is 643. The highest BCUT2D eigenvalue weighted by atomic mass is 35.5. The Morgan fingerprint density at radius 1 is 1.38 bits per heavy atom. The normalized spacial score (nSPS) is 11.1. The second-order valence-electron chi connectivity index (χ2n) is 3.50. The van der Waals surface area contributed by atoms with E-state index >= 15 is 0 Å². The summed E-state index contributed by atoms with van der Waals surface area (Å²) < 4.78 is 0. The molecule has 5 heteroatoms. The number of nitrogens with zero attached hydrogens (tertiary/aromatic N) is 2. The molecule has 3 heterocycles. The summed E-state index contributed by atoms with van der Waals surface area (Å²) >= 11 is 7.76. The third-order valence-electron chi connectivity index (χ3n) is 2.31. The molecule has 1 N–H and O–H groups in total. The SMILES string of the molecule is Cc1cc2c(Cl)nc(-c3ccc[nH]3)nc2s1. The Balaban J connectivity index is 2.28. The minimum atomic E-state index is 0.513. The first-order valence-electron chi connectivity index (χ1n) is 4.81. The molecule has 3 nitrogen and oxygen atoms in total. The van der Waals surface area contributed by atoms with E-state index in [9.17, 15) is 0 Å². The van der Waals surface area contributed by atoms with Crippen LogP contribution in [0.25, 0.3) is 21.7 Å². The van der Waals surface area contributed by atoms with E-state index in [0.717, 1.165) is 15.9 Å². The van der Waals surface area contributed by atoms with Crippen LogP contribution in [0, 0.1) is 6.92 Å². The van der Waals surface area contributed by atoms with Crippen LogP contribution in [-0.4, -0.2) is 15.0 Å². The van der Waals surface area contributed by atoms with Crippen molar-refractivity contribution in [2.45, 2.75) is 6.92 Å². The summed E-state index contributed by atoms with van der Waals surface area (Å²) in [7, 11) is 0. The van der Waals surface area contributed by atoms with Gasteiger partial charge in [-0.3, -0.25) is 0 Å². The molecule has 0 saturated carbocycles. The molecule has 0 saturated heterocycles. The third kappa shape index (κ3) is 1.50. The first-order chi connectivity index (χ1) is 7.74. The van der Waals surface area contributed by atoms with Gasteiger partial charge in [0, 0.05) is 16.5 Å². The molecule has 0 aromatic carbocycles. The number of hydrogen-bond acceptors (Lipinski definition) is 3. The van der Waals surface area contributed by atoms with Crippen LogP contribution in [0.5, 0.6) is 0 Å². The van der Waals surface area contributed by atoms with Crippen molar-refractivity contribution in [3.63, 3.8) is 0 Å². The Morgan fingerprint density at radius 2 is 2.25 bits per heavy atom. The van der Waals surface area contributed by atoms with E-state index in [1.165, 1.54) is 4.88 Å². The Labute approximate surface area is 101 Å². The van der Waals surface area contributed by atoms with Gasteiger partial charge in [0.05, 0.1) is 5.69 Å². The number of thiophene rings is 1. The lowest BCUT2D eigenvalue weighted by molar-refractivity contribution is 1.20. The van der Waals surface area contributed by atoms with Crippen molar-refractivity contribution in [1.82, 2.24) is 15.0 Å². The van der Waals surface area contributed by atoms with Crippen molar-refractivity contribution >= 4 is 33.2 Å². The predicted octanol–water partition coefficient (Wildman–Crippen LogP) is 3.65. The van der Waals surface area contributed by atoms with E-state index in [0.29, 0.717) is 11.0 Å². The number of hydrogen-bond donors (Lipinski definition) is 1. The molecule has 3 aromatic heterocycles. The van der Waals surface area contributed by atoms with Crippen LogP contribution in [0.2, 0.25) is 5.15 Å². The predicted molar refractivity (Wildman–Crippen MR) is 66.9 cm³/mol. The van der Waals surface area contributed by atoms with Gasteiger partial charge in [0.15, 0.2) is 5.82 Å². The van der Waals surface area contributed by atoms with Crippen molar-refractivity contribution in [3.8, 4) is 11.5 Å². The minimum Gasteiger partial charge on any atom is -0.359 e. The van der Waals surface area contributed by atoms with Crippen molar-refractivity contribution in [3.05, 3.63) is 34.4 Å². The second kappa shape index (κ2) is 3.57. The van der Waals surface area contributed by atoms with Gasteiger partial charge < -0.3 is 4.98 Å². The molecule has 0 bridgehead atoms. The fraction of sp³-hybridized carbons (Fsp3) is 0.0909. The Kier molecular flexibility index (Phi) is 2.19. The van der Waals surface area contributed by atoms with E-state index in [4.69, 9.17) is 11.6 Å². The molecule has 3 rings (SSSR count). The first-order valence-corrected chi connectivity index (χ1v) is 6.01. The Hall–Kier alpha value is -1.39. The summed E-state index contributed by atoms with van der Waals surface area (Å²) in [6.07, 6.45) is 1.84. The van der Waals surface area contributed by atoms with Gasteiger partial charge in [-0.1, -0.05) is 11.6 Å². The highest BCUT2D eigenvalue weighted by Crippen LogP contribution is 2.30. The smallest absolute Gasteiger partial charge is 0.178 e. The van der Waals surface area contributed by atoms with Crippen molar-refractivity contribution in [1.29, 1.82) is 0 Å². The summed E-state index contributed by atoms with van der Waals surface area (Å²) in [5, 5.41) is 1.44. The number of H-pyrrole nitrogens is 1. The van der Waals surface area contributed by atoms with Gasteiger partial charge in [0.2, 0.25) is 0 Å². The number of halogens is 1. The summed E-state index contributed by atoms with van der Waals surface area (Å²) in [5.74, 6) is 0.643. The summed E-state index contributed by atoms with van der Waals surface area (Å²) in [4.78, 5) is 14.0. The molecule has 80 valence electrons. The minimum absolute atomic E-state index is 0.513. The molecule has 3 aromatic rings. The van der Waals surface area contributed by atoms with Gasteiger partial charge in [-0.05, 0) is 25.1 Å². The summed E-state index contributed by atoms with van der Waals surface area (Å²) in [6.45, 7) is 2.04. The fourth-order valence-corrected chi connectivity index (χ4v) is 2.76. The van der Waals surface area contributed by atoms with Gasteiger partial charge in [0.1, 0.15) is 9.98 Å². The third-order valence-corrected chi connectivity index (χ3v) is 3.54. The number of nitrogens with one attached hydrogen (secondary N) is 1. The summed E-state index contributed by atoms with van der Waals surface area (Å²) in [6, 6.07) is 5.86. The quantitative estimate of drug-likeness (QED) is 0.669. The van der Waals surface area contributed by atoms with Gasteiger partial charge in [-0.15, -0.1) is 11.3 Å². The van der Waals surface area contributed by atoms with E-state index in [1.807, 2.05) is 31.3 Å². The lowest BCUT2D eigenvalue weighted by Gasteiger charge is -1.98. The van der Waals surface area contributed by atoms with Crippen LogP contribution in [0.15, 0.2) is 24.4 Å². The fourth-order valence-electron chi connectivity index (χ4n) is 1.60. The number of fused-ring (bicyclic) bond motifs is 1. The number of aromatic nitrogens is 3. The largest absolute Gasteiger partial charge is 0.359 e. The van der Waals surface area contributed by atoms with Crippen molar-refractivity contribution in [2.75, 3.05) is 0 Å². The second-order valence-corrected chi connectivity index (χ2v) is 5.09. The van der Waals surface area contributed by atoms with E-state index in [2.05, 4.69) is 15.0 Å². The molecule has 0 radical (unpaired) electrons. The maximum atomic E-state index is 6.13. The number of aryl methyl sites for hydroxylation is 1. The standard InChI is InChI=1S/C11H8ClN3S/c1-6-5-7-9(12)14-10(15-11(7)16-6)8-3-2-4-13-8/h2-5,13H,1H3. The molecule has 0 amide bonds. The molecule has 0 aliphatic heterocycles. The average molecular weight is 250 g/mol. The molecule has 0 aliphatic carbocycles. The maximum Gasteiger partial charge on any atom is 0.178 e. The monoisotopic (exact) mass is 249 g/mol. The van der Waals surface area contributed by atoms with Gasteiger partial charge in [-0.2, -0.15) is 0 Å². The zero-order valence-corrected chi connectivity index (χ0v) is 10.1. The molecular weight excluding hydrogens is 242 g/mol. The van der Waals surface area contributed by atoms with E-state index in [1.54, 1.807) is 11.3 Å². The van der Waals surface area contributed by atoms with E-state index in [-0.39, 0.29) is 0 Å². The van der Waals surface area contributed by atoms with Crippen LogP contribution in [0.3, 0.4) is 0 Å². The summed E-state index contributed by atoms with van der Waals surface area (Å²) in [5.41, 5.74) is 0.884. The highest BCUT2D eigenvalue weighted by Gasteiger charge is 2.10. The van der Waals surface area contributed by atoms with Gasteiger partial charge in [0.25, 0.3) is 0 Å². The van der Waals surface area contributed by atoms with E-state index < -0.39 is 0 Å². The molecule has 0 spiro atoms. The van der Waals surface area contributed by atoms with Crippen LogP contribution >= 0.6 is 22.9 Å².